The fraction of sp³-hybridized carbons (Fsp3) is 0.714. The predicted octanol–water partition coefficient (Wildman–Crippen LogP) is 1.36. The standard InChI is InChI=1S/C7H11N3OS/c1-4-5(2-3-11-4)6-8-7(12)10-9-6/h4-5H,2-3H2,1H3,(H2,8,9,10,12). The highest BCUT2D eigenvalue weighted by molar-refractivity contribution is 7.71. The van der Waals surface area contributed by atoms with Crippen molar-refractivity contribution in [1.82, 2.24) is 15.2 Å². The van der Waals surface area contributed by atoms with Crippen LogP contribution in [0.5, 0.6) is 0 Å². The minimum absolute atomic E-state index is 0.249. The van der Waals surface area contributed by atoms with Gasteiger partial charge in [0.2, 0.25) is 4.77 Å². The van der Waals surface area contributed by atoms with E-state index in [0.29, 0.717) is 10.7 Å². The number of aromatic amines is 2. The maximum absolute atomic E-state index is 5.42. The van der Waals surface area contributed by atoms with Gasteiger partial charge >= 0.3 is 0 Å². The Morgan fingerprint density at radius 2 is 2.42 bits per heavy atom. The van der Waals surface area contributed by atoms with Gasteiger partial charge in [0.25, 0.3) is 0 Å². The molecule has 0 radical (unpaired) electrons. The zero-order chi connectivity index (χ0) is 8.55. The molecular weight excluding hydrogens is 174 g/mol. The average Bonchev–Trinajstić information content (AvgIpc) is 2.58. The first-order valence-electron chi connectivity index (χ1n) is 4.03. The van der Waals surface area contributed by atoms with E-state index in [1.54, 1.807) is 0 Å². The highest BCUT2D eigenvalue weighted by Gasteiger charge is 2.27. The fourth-order valence-electron chi connectivity index (χ4n) is 1.55. The lowest BCUT2D eigenvalue weighted by Crippen LogP contribution is -2.10. The molecule has 0 saturated carbocycles. The molecule has 1 aliphatic heterocycles. The van der Waals surface area contributed by atoms with E-state index >= 15 is 0 Å². The fourth-order valence-corrected chi connectivity index (χ4v) is 1.70. The summed E-state index contributed by atoms with van der Waals surface area (Å²) in [5, 5.41) is 5.75. The molecule has 1 aromatic heterocycles. The van der Waals surface area contributed by atoms with E-state index < -0.39 is 0 Å². The monoisotopic (exact) mass is 185 g/mol. The average molecular weight is 185 g/mol. The van der Waals surface area contributed by atoms with Crippen LogP contribution in [0.3, 0.4) is 0 Å². The van der Waals surface area contributed by atoms with E-state index in [4.69, 9.17) is 17.0 Å². The van der Waals surface area contributed by atoms with Crippen molar-refractivity contribution in [3.05, 3.63) is 10.6 Å². The second-order valence-corrected chi connectivity index (χ2v) is 3.41. The van der Waals surface area contributed by atoms with Crippen LogP contribution >= 0.6 is 12.2 Å². The summed E-state index contributed by atoms with van der Waals surface area (Å²) in [6.45, 7) is 2.88. The molecule has 1 saturated heterocycles. The number of hydrogen-bond donors (Lipinski definition) is 2. The van der Waals surface area contributed by atoms with Crippen LogP contribution in [-0.2, 0) is 4.74 Å². The third kappa shape index (κ3) is 1.30. The molecule has 0 aliphatic carbocycles. The van der Waals surface area contributed by atoms with Gasteiger partial charge in [-0.25, -0.2) is 4.98 Å². The van der Waals surface area contributed by atoms with Gasteiger partial charge in [0, 0.05) is 12.5 Å². The van der Waals surface area contributed by atoms with Crippen LogP contribution in [0.15, 0.2) is 0 Å². The van der Waals surface area contributed by atoms with Crippen molar-refractivity contribution in [3.8, 4) is 0 Å². The largest absolute Gasteiger partial charge is 0.378 e. The van der Waals surface area contributed by atoms with Gasteiger partial charge in [-0.1, -0.05) is 0 Å². The zero-order valence-corrected chi connectivity index (χ0v) is 7.65. The molecule has 1 aliphatic rings. The molecule has 4 nitrogen and oxygen atoms in total. The molecule has 2 heterocycles. The topological polar surface area (TPSA) is 53.7 Å². The highest BCUT2D eigenvalue weighted by atomic mass is 32.1. The Balaban J connectivity index is 2.24. The van der Waals surface area contributed by atoms with Gasteiger partial charge in [0.15, 0.2) is 0 Å². The first-order valence-corrected chi connectivity index (χ1v) is 4.44. The molecule has 2 rings (SSSR count). The first-order chi connectivity index (χ1) is 5.77. The second-order valence-electron chi connectivity index (χ2n) is 3.02. The summed E-state index contributed by atoms with van der Waals surface area (Å²) in [5.41, 5.74) is 0. The van der Waals surface area contributed by atoms with Gasteiger partial charge < -0.3 is 4.74 Å². The Bertz CT molecular complexity index is 318. The van der Waals surface area contributed by atoms with Gasteiger partial charge in [-0.05, 0) is 25.6 Å². The molecule has 2 atom stereocenters. The molecule has 66 valence electrons. The van der Waals surface area contributed by atoms with Gasteiger partial charge in [0.05, 0.1) is 6.10 Å². The van der Waals surface area contributed by atoms with Crippen LogP contribution < -0.4 is 0 Å². The number of H-pyrrole nitrogens is 2. The number of aromatic nitrogens is 3. The van der Waals surface area contributed by atoms with Crippen LogP contribution in [0, 0.1) is 4.77 Å². The van der Waals surface area contributed by atoms with Crippen molar-refractivity contribution in [2.75, 3.05) is 6.61 Å². The summed E-state index contributed by atoms with van der Waals surface area (Å²) >= 11 is 4.87. The molecule has 1 fully saturated rings. The summed E-state index contributed by atoms with van der Waals surface area (Å²) < 4.78 is 5.94. The summed E-state index contributed by atoms with van der Waals surface area (Å²) in [7, 11) is 0. The first kappa shape index (κ1) is 7.94. The van der Waals surface area contributed by atoms with Crippen LogP contribution in [0.2, 0.25) is 0 Å². The summed E-state index contributed by atoms with van der Waals surface area (Å²) in [6, 6.07) is 0. The lowest BCUT2D eigenvalue weighted by Gasteiger charge is -2.09. The third-order valence-electron chi connectivity index (χ3n) is 2.25. The Morgan fingerprint density at radius 3 is 2.92 bits per heavy atom. The third-order valence-corrected chi connectivity index (χ3v) is 2.44. The van der Waals surface area contributed by atoms with Crippen LogP contribution in [0.4, 0.5) is 0 Å². The second kappa shape index (κ2) is 2.99. The Morgan fingerprint density at radius 1 is 1.58 bits per heavy atom. The Hall–Kier alpha value is -0.680. The molecule has 1 aromatic rings. The van der Waals surface area contributed by atoms with Crippen molar-refractivity contribution in [1.29, 1.82) is 0 Å². The molecular formula is C7H11N3OS. The van der Waals surface area contributed by atoms with E-state index in [0.717, 1.165) is 18.9 Å². The van der Waals surface area contributed by atoms with Crippen molar-refractivity contribution in [2.45, 2.75) is 25.4 Å². The summed E-state index contributed by atoms with van der Waals surface area (Å²) in [6.07, 6.45) is 1.27. The van der Waals surface area contributed by atoms with Crippen molar-refractivity contribution in [2.24, 2.45) is 0 Å². The predicted molar refractivity (Wildman–Crippen MR) is 46.5 cm³/mol. The molecule has 2 N–H and O–H groups in total. The number of nitrogens with zero attached hydrogens (tertiary/aromatic N) is 1. The maximum atomic E-state index is 5.42. The summed E-state index contributed by atoms with van der Waals surface area (Å²) in [4.78, 5) is 4.17. The van der Waals surface area contributed by atoms with Gasteiger partial charge in [0.1, 0.15) is 5.82 Å². The van der Waals surface area contributed by atoms with Crippen molar-refractivity contribution in [3.63, 3.8) is 0 Å². The van der Waals surface area contributed by atoms with Crippen LogP contribution in [0.1, 0.15) is 25.1 Å². The minimum Gasteiger partial charge on any atom is -0.378 e. The van der Waals surface area contributed by atoms with E-state index in [-0.39, 0.29) is 6.10 Å². The Kier molecular flexibility index (Phi) is 1.98. The lowest BCUT2D eigenvalue weighted by molar-refractivity contribution is 0.117. The van der Waals surface area contributed by atoms with Gasteiger partial charge in [-0.2, -0.15) is 0 Å². The van der Waals surface area contributed by atoms with Crippen molar-refractivity contribution < 1.29 is 4.74 Å². The van der Waals surface area contributed by atoms with E-state index in [1.165, 1.54) is 0 Å². The quantitative estimate of drug-likeness (QED) is 0.649. The van der Waals surface area contributed by atoms with E-state index in [2.05, 4.69) is 22.1 Å². The molecule has 12 heavy (non-hydrogen) atoms. The minimum atomic E-state index is 0.249. The summed E-state index contributed by atoms with van der Waals surface area (Å²) in [5.74, 6) is 1.29. The zero-order valence-electron chi connectivity index (χ0n) is 6.83. The molecule has 0 bridgehead atoms. The molecule has 0 amide bonds. The smallest absolute Gasteiger partial charge is 0.213 e. The van der Waals surface area contributed by atoms with Crippen LogP contribution in [0.25, 0.3) is 0 Å². The normalized spacial score (nSPS) is 29.4. The maximum Gasteiger partial charge on any atom is 0.213 e. The van der Waals surface area contributed by atoms with E-state index in [9.17, 15) is 0 Å². The van der Waals surface area contributed by atoms with Crippen molar-refractivity contribution >= 4 is 12.2 Å². The number of hydrogen-bond acceptors (Lipinski definition) is 3. The lowest BCUT2D eigenvalue weighted by atomic mass is 10.0. The molecule has 2 unspecified atom stereocenters. The van der Waals surface area contributed by atoms with Gasteiger partial charge in [-0.15, -0.1) is 0 Å². The highest BCUT2D eigenvalue weighted by Crippen LogP contribution is 2.27. The molecule has 0 spiro atoms. The molecule has 5 heteroatoms. The Labute approximate surface area is 75.3 Å². The number of nitrogens with one attached hydrogen (secondary N) is 2. The van der Waals surface area contributed by atoms with E-state index in [1.807, 2.05) is 0 Å². The van der Waals surface area contributed by atoms with Crippen LogP contribution in [-0.4, -0.2) is 27.9 Å². The molecule has 0 aromatic carbocycles. The van der Waals surface area contributed by atoms with Gasteiger partial charge in [-0.3, -0.25) is 10.2 Å². The SMILES string of the molecule is CC1OCCC1c1nc(=S)[nH][nH]1. The number of ether oxygens (including phenoxy) is 1. The number of rotatable bonds is 1.